The molecular weight excluding hydrogens is 748 g/mol. The van der Waals surface area contributed by atoms with Crippen LogP contribution in [0.4, 0.5) is 0 Å². The van der Waals surface area contributed by atoms with Gasteiger partial charge < -0.3 is 28.8 Å². The quantitative estimate of drug-likeness (QED) is 0.170. The molecule has 53 heavy (non-hydrogen) atoms. The van der Waals surface area contributed by atoms with Gasteiger partial charge in [-0.1, -0.05) is 45.1 Å². The second kappa shape index (κ2) is 14.6. The number of ether oxygens (including phenoxy) is 5. The SMILES string of the molecule is C/C=C(/C(=O)OC)[C@]1(C)[C@@H](OC(C)=O)[C@@H](OC(C)=O)[C@@]2(C)C(CC[C@]3(C)C2CC[C@@]2(C(C)OC(=O)c4ccccc4Br)COC(=O)C=C[C@H]23)[C@]1(O)CC. The molecule has 0 amide bonds. The third kappa shape index (κ3) is 6.15. The highest BCUT2D eigenvalue weighted by Gasteiger charge is 2.77. The van der Waals surface area contributed by atoms with Gasteiger partial charge in [0.1, 0.15) is 18.8 Å². The summed E-state index contributed by atoms with van der Waals surface area (Å²) in [6, 6.07) is 7.02. The van der Waals surface area contributed by atoms with Crippen molar-refractivity contribution in [1.29, 1.82) is 0 Å². The summed E-state index contributed by atoms with van der Waals surface area (Å²) in [5.41, 5.74) is -5.18. The molecule has 5 rings (SSSR count). The van der Waals surface area contributed by atoms with Crippen molar-refractivity contribution in [2.24, 2.45) is 39.4 Å². The lowest BCUT2D eigenvalue weighted by atomic mass is 9.33. The largest absolute Gasteiger partial charge is 0.466 e. The van der Waals surface area contributed by atoms with E-state index in [1.165, 1.54) is 27.0 Å². The predicted molar refractivity (Wildman–Crippen MR) is 197 cm³/mol. The molecule has 0 spiro atoms. The highest BCUT2D eigenvalue weighted by Crippen LogP contribution is 2.74. The van der Waals surface area contributed by atoms with E-state index in [2.05, 4.69) is 22.9 Å². The number of esters is 5. The molecule has 290 valence electrons. The lowest BCUT2D eigenvalue weighted by Gasteiger charge is -2.72. The average molecular weight is 802 g/mol. The van der Waals surface area contributed by atoms with Gasteiger partial charge in [-0.3, -0.25) is 9.59 Å². The van der Waals surface area contributed by atoms with Crippen molar-refractivity contribution in [2.45, 2.75) is 111 Å². The first-order valence-electron chi connectivity index (χ1n) is 18.5. The standard InChI is InChI=1S/C41H53BrO11/c1-10-27(36(47)49-9)39(8)34(53-25(5)44)33(52-24(4)43)38(7)29-19-21-40(23(3)51-35(46)26-14-12-13-15-28(26)42)22-50-32(45)17-16-30(40)37(29,6)20-18-31(38)41(39,48)11-2/h10,12-17,23,29-31,33-34,48H,11,18-22H2,1-9H3/b27-10-/t23?,29?,30-,31?,33+,34-,37+,38+,39+,40-,41+/m0/s1. The highest BCUT2D eigenvalue weighted by atomic mass is 79.9. The molecule has 0 aromatic heterocycles. The molecule has 11 nitrogen and oxygen atoms in total. The van der Waals surface area contributed by atoms with E-state index < -0.39 is 81.3 Å². The lowest BCUT2D eigenvalue weighted by molar-refractivity contribution is -0.318. The van der Waals surface area contributed by atoms with E-state index in [0.29, 0.717) is 35.7 Å². The number of benzene rings is 1. The van der Waals surface area contributed by atoms with E-state index in [0.717, 1.165) is 0 Å². The molecule has 3 unspecified atom stereocenters. The number of carbonyl (C=O) groups excluding carboxylic acids is 5. The lowest BCUT2D eigenvalue weighted by Crippen LogP contribution is -2.78. The zero-order chi connectivity index (χ0) is 39.3. The van der Waals surface area contributed by atoms with Gasteiger partial charge in [0.05, 0.1) is 23.7 Å². The topological polar surface area (TPSA) is 152 Å². The highest BCUT2D eigenvalue weighted by molar-refractivity contribution is 9.10. The normalized spacial score (nSPS) is 38.4. The van der Waals surface area contributed by atoms with Crippen LogP contribution in [0.1, 0.15) is 97.9 Å². The Bertz CT molecular complexity index is 1720. The summed E-state index contributed by atoms with van der Waals surface area (Å²) in [4.78, 5) is 66.1. The van der Waals surface area contributed by atoms with Crippen LogP contribution in [0.5, 0.6) is 0 Å². The zero-order valence-corrected chi connectivity index (χ0v) is 33.7. The number of allylic oxidation sites excluding steroid dienone is 2. The summed E-state index contributed by atoms with van der Waals surface area (Å²) in [5, 5.41) is 13.3. The minimum absolute atomic E-state index is 0.0144. The number of aliphatic hydroxyl groups is 1. The monoisotopic (exact) mass is 800 g/mol. The Labute approximate surface area is 320 Å². The Morgan fingerprint density at radius 3 is 2.23 bits per heavy atom. The van der Waals surface area contributed by atoms with Gasteiger partial charge in [-0.15, -0.1) is 0 Å². The van der Waals surface area contributed by atoms with E-state index in [-0.39, 0.29) is 30.4 Å². The van der Waals surface area contributed by atoms with Gasteiger partial charge in [0.25, 0.3) is 0 Å². The second-order valence-corrected chi connectivity index (χ2v) is 16.8. The summed E-state index contributed by atoms with van der Waals surface area (Å²) in [6.07, 6.45) is 3.98. The molecule has 12 heteroatoms. The minimum Gasteiger partial charge on any atom is -0.466 e. The number of cyclic esters (lactones) is 1. The third-order valence-electron chi connectivity index (χ3n) is 13.9. The zero-order valence-electron chi connectivity index (χ0n) is 32.2. The van der Waals surface area contributed by atoms with Crippen LogP contribution in [0.3, 0.4) is 0 Å². The molecule has 1 N–H and O–H groups in total. The number of carbonyl (C=O) groups is 5. The summed E-state index contributed by atoms with van der Waals surface area (Å²) in [5.74, 6) is -4.16. The van der Waals surface area contributed by atoms with Gasteiger partial charge in [-0.25, -0.2) is 14.4 Å². The summed E-state index contributed by atoms with van der Waals surface area (Å²) in [6.45, 7) is 13.8. The number of fused-ring (bicyclic) bond motifs is 5. The number of methoxy groups -OCH3 is 1. The average Bonchev–Trinajstić information content (AvgIpc) is 3.28. The summed E-state index contributed by atoms with van der Waals surface area (Å²) >= 11 is 3.46. The minimum atomic E-state index is -1.64. The van der Waals surface area contributed by atoms with Crippen molar-refractivity contribution in [1.82, 2.24) is 0 Å². The Morgan fingerprint density at radius 1 is 1.02 bits per heavy atom. The van der Waals surface area contributed by atoms with Crippen molar-refractivity contribution >= 4 is 45.8 Å². The van der Waals surface area contributed by atoms with Crippen molar-refractivity contribution < 1.29 is 52.8 Å². The maximum atomic E-state index is 13.6. The fraction of sp³-hybridized carbons (Fsp3) is 0.634. The molecule has 3 saturated carbocycles. The molecule has 1 aromatic rings. The molecule has 1 aromatic carbocycles. The van der Waals surface area contributed by atoms with Crippen LogP contribution in [-0.2, 0) is 42.9 Å². The summed E-state index contributed by atoms with van der Waals surface area (Å²) < 4.78 is 30.3. The molecule has 0 radical (unpaired) electrons. The Balaban J connectivity index is 1.70. The third-order valence-corrected chi connectivity index (χ3v) is 14.6. The fourth-order valence-corrected chi connectivity index (χ4v) is 12.0. The molecule has 11 atom stereocenters. The van der Waals surface area contributed by atoms with E-state index in [9.17, 15) is 29.1 Å². The summed E-state index contributed by atoms with van der Waals surface area (Å²) in [7, 11) is 1.25. The van der Waals surface area contributed by atoms with Crippen LogP contribution < -0.4 is 0 Å². The first-order valence-corrected chi connectivity index (χ1v) is 19.2. The van der Waals surface area contributed by atoms with Gasteiger partial charge in [-0.2, -0.15) is 0 Å². The van der Waals surface area contributed by atoms with Crippen molar-refractivity contribution in [2.75, 3.05) is 13.7 Å². The molecule has 3 aliphatic carbocycles. The van der Waals surface area contributed by atoms with Gasteiger partial charge >= 0.3 is 29.8 Å². The number of hydrogen-bond donors (Lipinski definition) is 1. The number of halogens is 1. The molecule has 3 fully saturated rings. The second-order valence-electron chi connectivity index (χ2n) is 16.0. The van der Waals surface area contributed by atoms with Crippen LogP contribution in [0.2, 0.25) is 0 Å². The van der Waals surface area contributed by atoms with Gasteiger partial charge in [0.2, 0.25) is 0 Å². The fourth-order valence-electron chi connectivity index (χ4n) is 11.5. The van der Waals surface area contributed by atoms with Crippen molar-refractivity contribution in [3.63, 3.8) is 0 Å². The molecule has 0 bridgehead atoms. The van der Waals surface area contributed by atoms with E-state index in [1.54, 1.807) is 38.1 Å². The molecular formula is C41H53BrO11. The Morgan fingerprint density at radius 2 is 1.64 bits per heavy atom. The predicted octanol–water partition coefficient (Wildman–Crippen LogP) is 6.69. The maximum Gasteiger partial charge on any atom is 0.339 e. The Kier molecular flexibility index (Phi) is 11.2. The van der Waals surface area contributed by atoms with Gasteiger partial charge in [-0.05, 0) is 104 Å². The van der Waals surface area contributed by atoms with E-state index in [1.807, 2.05) is 32.9 Å². The molecule has 4 aliphatic rings. The number of hydrogen-bond acceptors (Lipinski definition) is 11. The van der Waals surface area contributed by atoms with Crippen LogP contribution in [0.25, 0.3) is 0 Å². The first-order chi connectivity index (χ1) is 24.8. The van der Waals surface area contributed by atoms with E-state index >= 15 is 0 Å². The van der Waals surface area contributed by atoms with Crippen molar-refractivity contribution in [3.05, 3.63) is 58.1 Å². The molecule has 1 heterocycles. The molecule has 1 aliphatic heterocycles. The van der Waals surface area contributed by atoms with Gasteiger partial charge in [0.15, 0.2) is 6.10 Å². The van der Waals surface area contributed by atoms with Crippen LogP contribution >= 0.6 is 15.9 Å². The number of rotatable bonds is 8. The smallest absolute Gasteiger partial charge is 0.339 e. The van der Waals surface area contributed by atoms with Crippen LogP contribution in [0.15, 0.2) is 52.5 Å². The van der Waals surface area contributed by atoms with E-state index in [4.69, 9.17) is 23.7 Å². The van der Waals surface area contributed by atoms with Gasteiger partial charge in [0, 0.05) is 40.8 Å². The molecule has 0 saturated heterocycles. The van der Waals surface area contributed by atoms with Crippen molar-refractivity contribution in [3.8, 4) is 0 Å². The first kappa shape index (κ1) is 40.7. The van der Waals surface area contributed by atoms with Crippen LogP contribution in [-0.4, -0.2) is 72.6 Å². The maximum absolute atomic E-state index is 13.6. The van der Waals surface area contributed by atoms with Crippen LogP contribution in [0, 0.1) is 39.4 Å². The Hall–Kier alpha value is -3.51.